The molecule has 0 saturated heterocycles. The van der Waals surface area contributed by atoms with Crippen LogP contribution in [0.5, 0.6) is 5.75 Å². The molecule has 1 N–H and O–H groups in total. The van der Waals surface area contributed by atoms with E-state index in [1.165, 1.54) is 0 Å². The van der Waals surface area contributed by atoms with Crippen LogP contribution >= 0.6 is 0 Å². The minimum atomic E-state index is 0.0361. The minimum absolute atomic E-state index is 0.0361. The number of hydrogen-bond donors (Lipinski definition) is 1. The lowest BCUT2D eigenvalue weighted by Crippen LogP contribution is -2.31. The molecule has 1 aromatic carbocycles. The van der Waals surface area contributed by atoms with Crippen molar-refractivity contribution in [2.45, 2.75) is 26.4 Å². The highest BCUT2D eigenvalue weighted by molar-refractivity contribution is 5.33. The highest BCUT2D eigenvalue weighted by Crippen LogP contribution is 2.18. The van der Waals surface area contributed by atoms with Gasteiger partial charge >= 0.3 is 0 Å². The molecular weight excluding hydrogens is 224 g/mol. The first-order valence-electron chi connectivity index (χ1n) is 5.96. The summed E-state index contributed by atoms with van der Waals surface area (Å²) in [5.41, 5.74) is 1.01. The van der Waals surface area contributed by atoms with E-state index in [1.54, 1.807) is 0 Å². The third-order valence-corrected chi connectivity index (χ3v) is 2.62. The van der Waals surface area contributed by atoms with Gasteiger partial charge in [0.1, 0.15) is 11.8 Å². The topological polar surface area (TPSA) is 45.0 Å². The molecule has 1 aromatic rings. The summed E-state index contributed by atoms with van der Waals surface area (Å²) in [4.78, 5) is 0. The number of ether oxygens (including phenoxy) is 1. The van der Waals surface area contributed by atoms with Crippen molar-refractivity contribution in [2.24, 2.45) is 5.92 Å². The Morgan fingerprint density at radius 1 is 1.39 bits per heavy atom. The maximum absolute atomic E-state index is 8.53. The van der Waals surface area contributed by atoms with Gasteiger partial charge in [0.25, 0.3) is 0 Å². The summed E-state index contributed by atoms with van der Waals surface area (Å²) in [6.07, 6.45) is 5.47. The van der Waals surface area contributed by atoms with E-state index < -0.39 is 0 Å². The van der Waals surface area contributed by atoms with Crippen LogP contribution in [0.4, 0.5) is 0 Å². The predicted molar refractivity (Wildman–Crippen MR) is 71.8 cm³/mol. The van der Waals surface area contributed by atoms with Gasteiger partial charge in [0.05, 0.1) is 6.04 Å². The summed E-state index contributed by atoms with van der Waals surface area (Å²) >= 11 is 0. The van der Waals surface area contributed by atoms with Crippen molar-refractivity contribution in [3.05, 3.63) is 29.8 Å². The van der Waals surface area contributed by atoms with Crippen LogP contribution in [0.1, 0.15) is 19.4 Å². The molecule has 0 aliphatic carbocycles. The summed E-state index contributed by atoms with van der Waals surface area (Å²) in [5, 5.41) is 11.8. The van der Waals surface area contributed by atoms with E-state index in [0.29, 0.717) is 12.5 Å². The molecule has 0 radical (unpaired) electrons. The first-order valence-corrected chi connectivity index (χ1v) is 5.96. The van der Waals surface area contributed by atoms with E-state index in [0.717, 1.165) is 11.3 Å². The van der Waals surface area contributed by atoms with Crippen molar-refractivity contribution in [3.63, 3.8) is 0 Å². The SMILES string of the molecule is C#CC(NCc1ccccc1OCC#N)C(C)C. The number of nitrogens with zero attached hydrogens (tertiary/aromatic N) is 1. The Bertz CT molecular complexity index is 454. The molecule has 0 aromatic heterocycles. The predicted octanol–water partition coefficient (Wildman–Crippen LogP) is 2.34. The summed E-state index contributed by atoms with van der Waals surface area (Å²) in [7, 11) is 0. The number of benzene rings is 1. The number of rotatable bonds is 6. The Hall–Kier alpha value is -1.97. The van der Waals surface area contributed by atoms with E-state index >= 15 is 0 Å². The monoisotopic (exact) mass is 242 g/mol. The Morgan fingerprint density at radius 3 is 2.72 bits per heavy atom. The molecule has 0 heterocycles. The number of para-hydroxylation sites is 1. The molecule has 1 rings (SSSR count). The molecule has 0 spiro atoms. The second-order valence-electron chi connectivity index (χ2n) is 4.32. The van der Waals surface area contributed by atoms with Gasteiger partial charge in [0.15, 0.2) is 6.61 Å². The van der Waals surface area contributed by atoms with Crippen molar-refractivity contribution >= 4 is 0 Å². The van der Waals surface area contributed by atoms with Gasteiger partial charge in [-0.15, -0.1) is 6.42 Å². The normalized spacial score (nSPS) is 11.6. The Morgan fingerprint density at radius 2 is 2.11 bits per heavy atom. The maximum atomic E-state index is 8.53. The fraction of sp³-hybridized carbons (Fsp3) is 0.400. The maximum Gasteiger partial charge on any atom is 0.174 e. The summed E-state index contributed by atoms with van der Waals surface area (Å²) < 4.78 is 5.36. The van der Waals surface area contributed by atoms with Crippen LogP contribution in [0.25, 0.3) is 0 Å². The lowest BCUT2D eigenvalue weighted by atomic mass is 10.0. The number of nitriles is 1. The van der Waals surface area contributed by atoms with Crippen LogP contribution in [0.15, 0.2) is 24.3 Å². The third-order valence-electron chi connectivity index (χ3n) is 2.62. The average molecular weight is 242 g/mol. The number of terminal acetylenes is 1. The van der Waals surface area contributed by atoms with Crippen LogP contribution in [0.3, 0.4) is 0 Å². The van der Waals surface area contributed by atoms with Gasteiger partial charge in [-0.05, 0) is 12.0 Å². The standard InChI is InChI=1S/C15H18N2O/c1-4-14(12(2)3)17-11-13-7-5-6-8-15(13)18-10-9-16/h1,5-8,12,14,17H,10-11H2,2-3H3. The molecular formula is C15H18N2O. The molecule has 3 heteroatoms. The molecule has 0 aliphatic rings. The van der Waals surface area contributed by atoms with Crippen LogP contribution in [0, 0.1) is 29.6 Å². The highest BCUT2D eigenvalue weighted by atomic mass is 16.5. The van der Waals surface area contributed by atoms with Gasteiger partial charge in [-0.2, -0.15) is 5.26 Å². The zero-order valence-corrected chi connectivity index (χ0v) is 10.8. The van der Waals surface area contributed by atoms with Crippen molar-refractivity contribution in [3.8, 4) is 24.2 Å². The van der Waals surface area contributed by atoms with Gasteiger partial charge < -0.3 is 4.74 Å². The van der Waals surface area contributed by atoms with Gasteiger partial charge in [0.2, 0.25) is 0 Å². The third kappa shape index (κ3) is 4.13. The van der Waals surface area contributed by atoms with Crippen LogP contribution in [-0.2, 0) is 6.54 Å². The van der Waals surface area contributed by atoms with Gasteiger partial charge in [0, 0.05) is 12.1 Å². The molecule has 3 nitrogen and oxygen atoms in total. The molecule has 0 aliphatic heterocycles. The second kappa shape index (κ2) is 7.37. The van der Waals surface area contributed by atoms with Gasteiger partial charge in [-0.25, -0.2) is 0 Å². The highest BCUT2D eigenvalue weighted by Gasteiger charge is 2.10. The van der Waals surface area contributed by atoms with E-state index in [1.807, 2.05) is 30.3 Å². The second-order valence-corrected chi connectivity index (χ2v) is 4.32. The van der Waals surface area contributed by atoms with Crippen molar-refractivity contribution in [1.29, 1.82) is 5.26 Å². The van der Waals surface area contributed by atoms with Crippen molar-refractivity contribution in [1.82, 2.24) is 5.32 Å². The molecule has 0 bridgehead atoms. The molecule has 18 heavy (non-hydrogen) atoms. The van der Waals surface area contributed by atoms with E-state index in [2.05, 4.69) is 25.1 Å². The molecule has 0 amide bonds. The van der Waals surface area contributed by atoms with E-state index in [4.69, 9.17) is 16.4 Å². The van der Waals surface area contributed by atoms with Crippen molar-refractivity contribution < 1.29 is 4.74 Å². The van der Waals surface area contributed by atoms with E-state index in [-0.39, 0.29) is 12.6 Å². The van der Waals surface area contributed by atoms with Gasteiger partial charge in [-0.1, -0.05) is 38.0 Å². The molecule has 0 fully saturated rings. The van der Waals surface area contributed by atoms with Crippen LogP contribution < -0.4 is 10.1 Å². The molecule has 94 valence electrons. The molecule has 0 saturated carbocycles. The minimum Gasteiger partial charge on any atom is -0.478 e. The quantitative estimate of drug-likeness (QED) is 0.779. The fourth-order valence-corrected chi connectivity index (χ4v) is 1.61. The lowest BCUT2D eigenvalue weighted by molar-refractivity contribution is 0.360. The number of nitrogens with one attached hydrogen (secondary N) is 1. The van der Waals surface area contributed by atoms with Crippen LogP contribution in [-0.4, -0.2) is 12.6 Å². The Balaban J connectivity index is 2.67. The van der Waals surface area contributed by atoms with Crippen molar-refractivity contribution in [2.75, 3.05) is 6.61 Å². The van der Waals surface area contributed by atoms with Gasteiger partial charge in [-0.3, -0.25) is 5.32 Å². The molecule has 1 unspecified atom stereocenters. The Kier molecular flexibility index (Phi) is 5.77. The summed E-state index contributed by atoms with van der Waals surface area (Å²) in [6.45, 7) is 4.85. The zero-order valence-electron chi connectivity index (χ0n) is 10.8. The fourth-order valence-electron chi connectivity index (χ4n) is 1.61. The smallest absolute Gasteiger partial charge is 0.174 e. The average Bonchev–Trinajstić information content (AvgIpc) is 2.38. The first-order chi connectivity index (χ1) is 8.69. The van der Waals surface area contributed by atoms with Crippen LogP contribution in [0.2, 0.25) is 0 Å². The Labute approximate surface area is 109 Å². The van der Waals surface area contributed by atoms with E-state index in [9.17, 15) is 0 Å². The molecule has 1 atom stereocenters. The summed E-state index contributed by atoms with van der Waals surface area (Å²) in [5.74, 6) is 3.83. The number of hydrogen-bond acceptors (Lipinski definition) is 3. The lowest BCUT2D eigenvalue weighted by Gasteiger charge is -2.17. The largest absolute Gasteiger partial charge is 0.478 e. The summed E-state index contributed by atoms with van der Waals surface area (Å²) in [6, 6.07) is 9.65. The zero-order chi connectivity index (χ0) is 13.4. The first kappa shape index (κ1) is 14.1.